The van der Waals surface area contributed by atoms with Crippen LogP contribution in [-0.4, -0.2) is 24.4 Å². The van der Waals surface area contributed by atoms with Gasteiger partial charge in [0.15, 0.2) is 0 Å². The minimum absolute atomic E-state index is 0.0121. The molecule has 0 saturated carbocycles. The van der Waals surface area contributed by atoms with Gasteiger partial charge >= 0.3 is 0 Å². The smallest absolute Gasteiger partial charge is 0.238 e. The van der Waals surface area contributed by atoms with Crippen molar-refractivity contribution in [3.63, 3.8) is 0 Å². The average molecular weight is 389 g/mol. The van der Waals surface area contributed by atoms with E-state index in [-0.39, 0.29) is 11.3 Å². The Kier molecular flexibility index (Phi) is 6.19. The van der Waals surface area contributed by atoms with Crippen molar-refractivity contribution in [3.05, 3.63) is 64.1 Å². The summed E-state index contributed by atoms with van der Waals surface area (Å²) in [6.07, 6.45) is 0. The number of likely N-dealkylation sites (N-methyl/N-ethyl adjacent to an activating group) is 1. The number of hydrogen-bond donors (Lipinski definition) is 1. The molecule has 1 N–H and O–H groups in total. The first-order valence-corrected chi connectivity index (χ1v) is 8.87. The van der Waals surface area contributed by atoms with Crippen molar-refractivity contribution in [1.82, 2.24) is 4.90 Å². The third kappa shape index (κ3) is 5.77. The number of rotatable bonds is 5. The van der Waals surface area contributed by atoms with Crippen LogP contribution in [0.1, 0.15) is 31.9 Å². The number of carbonyl (C=O) groups excluding carboxylic acids is 1. The molecule has 0 aliphatic rings. The monoisotopic (exact) mass is 388 g/mol. The highest BCUT2D eigenvalue weighted by Crippen LogP contribution is 2.22. The molecule has 0 saturated heterocycles. The molecule has 0 aliphatic carbocycles. The number of carbonyl (C=O) groups is 1. The molecule has 0 unspecified atom stereocenters. The number of benzene rings is 2. The minimum atomic E-state index is -0.0121. The van der Waals surface area contributed by atoms with Crippen LogP contribution in [-0.2, 0) is 16.8 Å². The molecule has 0 bridgehead atoms. The first kappa shape index (κ1) is 18.7. The van der Waals surface area contributed by atoms with E-state index in [9.17, 15) is 4.79 Å². The zero-order valence-corrected chi connectivity index (χ0v) is 16.4. The Labute approximate surface area is 153 Å². The molecule has 2 aromatic carbocycles. The first-order valence-electron chi connectivity index (χ1n) is 8.07. The fourth-order valence-corrected chi connectivity index (χ4v) is 2.89. The Morgan fingerprint density at radius 2 is 1.79 bits per heavy atom. The first-order chi connectivity index (χ1) is 11.2. The molecule has 2 aromatic rings. The molecule has 1 amide bonds. The van der Waals surface area contributed by atoms with E-state index in [1.807, 2.05) is 36.2 Å². The topological polar surface area (TPSA) is 32.3 Å². The van der Waals surface area contributed by atoms with E-state index in [2.05, 4.69) is 66.3 Å². The molecule has 3 nitrogen and oxygen atoms in total. The van der Waals surface area contributed by atoms with Crippen LogP contribution in [0.15, 0.2) is 53.0 Å². The molecule has 0 aliphatic heterocycles. The van der Waals surface area contributed by atoms with Crippen molar-refractivity contribution in [2.75, 3.05) is 18.9 Å². The van der Waals surface area contributed by atoms with E-state index in [1.54, 1.807) is 0 Å². The number of amides is 1. The standard InChI is InChI=1S/C20H25BrN2O/c1-20(2,3)16-10-8-15(9-11-16)13-23(4)14-19(24)22-18-7-5-6-17(21)12-18/h5-12H,13-14H2,1-4H3,(H,22,24). The van der Waals surface area contributed by atoms with E-state index in [0.717, 1.165) is 16.7 Å². The molecule has 2 rings (SSSR count). The Bertz CT molecular complexity index is 690. The second-order valence-electron chi connectivity index (χ2n) is 7.18. The van der Waals surface area contributed by atoms with Crippen molar-refractivity contribution in [3.8, 4) is 0 Å². The maximum Gasteiger partial charge on any atom is 0.238 e. The van der Waals surface area contributed by atoms with E-state index in [4.69, 9.17) is 0 Å². The van der Waals surface area contributed by atoms with Crippen LogP contribution >= 0.6 is 15.9 Å². The zero-order chi connectivity index (χ0) is 17.7. The zero-order valence-electron chi connectivity index (χ0n) is 14.8. The average Bonchev–Trinajstić information content (AvgIpc) is 2.46. The predicted octanol–water partition coefficient (Wildman–Crippen LogP) is 4.82. The largest absolute Gasteiger partial charge is 0.325 e. The van der Waals surface area contributed by atoms with Gasteiger partial charge in [0.2, 0.25) is 5.91 Å². The van der Waals surface area contributed by atoms with Gasteiger partial charge in [-0.15, -0.1) is 0 Å². The number of halogens is 1. The lowest BCUT2D eigenvalue weighted by molar-refractivity contribution is -0.117. The van der Waals surface area contributed by atoms with E-state index in [0.29, 0.717) is 6.54 Å². The van der Waals surface area contributed by atoms with Crippen molar-refractivity contribution in [2.45, 2.75) is 32.7 Å². The summed E-state index contributed by atoms with van der Waals surface area (Å²) in [6, 6.07) is 16.2. The van der Waals surface area contributed by atoms with Crippen LogP contribution in [0.25, 0.3) is 0 Å². The summed E-state index contributed by atoms with van der Waals surface area (Å²) in [5.74, 6) is -0.0121. The minimum Gasteiger partial charge on any atom is -0.325 e. The SMILES string of the molecule is CN(CC(=O)Nc1cccc(Br)c1)Cc1ccc(C(C)(C)C)cc1. The third-order valence-electron chi connectivity index (χ3n) is 3.79. The highest BCUT2D eigenvalue weighted by Gasteiger charge is 2.13. The van der Waals surface area contributed by atoms with Crippen LogP contribution in [0.5, 0.6) is 0 Å². The molecule has 4 heteroatoms. The van der Waals surface area contributed by atoms with Gasteiger partial charge < -0.3 is 5.32 Å². The highest BCUT2D eigenvalue weighted by molar-refractivity contribution is 9.10. The fourth-order valence-electron chi connectivity index (χ4n) is 2.49. The summed E-state index contributed by atoms with van der Waals surface area (Å²) >= 11 is 3.41. The quantitative estimate of drug-likeness (QED) is 0.796. The summed E-state index contributed by atoms with van der Waals surface area (Å²) < 4.78 is 0.951. The van der Waals surface area contributed by atoms with Crippen molar-refractivity contribution >= 4 is 27.5 Å². The Balaban J connectivity index is 1.88. The van der Waals surface area contributed by atoms with Gasteiger partial charge in [0, 0.05) is 16.7 Å². The van der Waals surface area contributed by atoms with Crippen molar-refractivity contribution < 1.29 is 4.79 Å². The normalized spacial score (nSPS) is 11.6. The highest BCUT2D eigenvalue weighted by atomic mass is 79.9. The molecule has 0 radical (unpaired) electrons. The van der Waals surface area contributed by atoms with Crippen LogP contribution in [0.4, 0.5) is 5.69 Å². The lowest BCUT2D eigenvalue weighted by Crippen LogP contribution is -2.29. The van der Waals surface area contributed by atoms with Gasteiger partial charge in [-0.2, -0.15) is 0 Å². The maximum atomic E-state index is 12.1. The molecule has 0 atom stereocenters. The fraction of sp³-hybridized carbons (Fsp3) is 0.350. The lowest BCUT2D eigenvalue weighted by Gasteiger charge is -2.20. The van der Waals surface area contributed by atoms with Gasteiger partial charge in [-0.25, -0.2) is 0 Å². The summed E-state index contributed by atoms with van der Waals surface area (Å²) in [4.78, 5) is 14.2. The van der Waals surface area contributed by atoms with Crippen molar-refractivity contribution in [2.24, 2.45) is 0 Å². The van der Waals surface area contributed by atoms with Crippen LogP contribution in [0.3, 0.4) is 0 Å². The Morgan fingerprint density at radius 1 is 1.12 bits per heavy atom. The van der Waals surface area contributed by atoms with Gasteiger partial charge in [-0.05, 0) is 41.8 Å². The Hall–Kier alpha value is -1.65. The molecule has 0 fully saturated rings. The van der Waals surface area contributed by atoms with Gasteiger partial charge in [-0.1, -0.05) is 67.0 Å². The maximum absolute atomic E-state index is 12.1. The predicted molar refractivity (Wildman–Crippen MR) is 104 cm³/mol. The van der Waals surface area contributed by atoms with Crippen molar-refractivity contribution in [1.29, 1.82) is 0 Å². The second kappa shape index (κ2) is 7.95. The number of hydrogen-bond acceptors (Lipinski definition) is 2. The summed E-state index contributed by atoms with van der Waals surface area (Å²) in [5, 5.41) is 2.92. The molecule has 0 heterocycles. The van der Waals surface area contributed by atoms with Gasteiger partial charge in [-0.3, -0.25) is 9.69 Å². The summed E-state index contributed by atoms with van der Waals surface area (Å²) in [5.41, 5.74) is 3.49. The summed E-state index contributed by atoms with van der Waals surface area (Å²) in [6.45, 7) is 7.73. The lowest BCUT2D eigenvalue weighted by atomic mass is 9.87. The molecule has 24 heavy (non-hydrogen) atoms. The molecule has 128 valence electrons. The van der Waals surface area contributed by atoms with Crippen LogP contribution < -0.4 is 5.32 Å². The van der Waals surface area contributed by atoms with Crippen LogP contribution in [0.2, 0.25) is 0 Å². The van der Waals surface area contributed by atoms with E-state index in [1.165, 1.54) is 11.1 Å². The van der Waals surface area contributed by atoms with E-state index >= 15 is 0 Å². The number of nitrogens with zero attached hydrogens (tertiary/aromatic N) is 1. The molecular formula is C20H25BrN2O. The second-order valence-corrected chi connectivity index (χ2v) is 8.09. The third-order valence-corrected chi connectivity index (χ3v) is 4.29. The van der Waals surface area contributed by atoms with Gasteiger partial charge in [0.05, 0.1) is 6.54 Å². The summed E-state index contributed by atoms with van der Waals surface area (Å²) in [7, 11) is 1.96. The van der Waals surface area contributed by atoms with Gasteiger partial charge in [0.1, 0.15) is 0 Å². The number of nitrogens with one attached hydrogen (secondary N) is 1. The van der Waals surface area contributed by atoms with Crippen LogP contribution in [0, 0.1) is 0 Å². The molecule has 0 spiro atoms. The Morgan fingerprint density at radius 3 is 2.38 bits per heavy atom. The number of anilines is 1. The molecule has 0 aromatic heterocycles. The van der Waals surface area contributed by atoms with Gasteiger partial charge in [0.25, 0.3) is 0 Å². The van der Waals surface area contributed by atoms with E-state index < -0.39 is 0 Å². The molecular weight excluding hydrogens is 364 g/mol.